The van der Waals surface area contributed by atoms with E-state index in [1.807, 2.05) is 0 Å². The van der Waals surface area contributed by atoms with E-state index in [0.717, 1.165) is 6.20 Å². The van der Waals surface area contributed by atoms with E-state index in [-0.39, 0.29) is 5.56 Å². The van der Waals surface area contributed by atoms with Gasteiger partial charge in [-0.25, -0.2) is 0 Å². The van der Waals surface area contributed by atoms with Gasteiger partial charge in [-0.1, -0.05) is 17.7 Å². The molecule has 0 bridgehead atoms. The number of aromatic amines is 1. The molecule has 2 aromatic rings. The second-order valence-electron chi connectivity index (χ2n) is 3.38. The molecule has 1 aromatic carbocycles. The number of rotatable bonds is 1. The summed E-state index contributed by atoms with van der Waals surface area (Å²) in [6, 6.07) is 4.42. The lowest BCUT2D eigenvalue weighted by atomic mass is 10.1. The lowest BCUT2D eigenvalue weighted by Gasteiger charge is -2.13. The average Bonchev–Trinajstić information content (AvgIpc) is 2.57. The zero-order chi connectivity index (χ0) is 11.9. The molecule has 1 heterocycles. The van der Waals surface area contributed by atoms with E-state index in [9.17, 15) is 13.2 Å². The fourth-order valence-electron chi connectivity index (χ4n) is 1.52. The maximum atomic E-state index is 12.3. The topological polar surface area (TPSA) is 36.0 Å². The van der Waals surface area contributed by atoms with Crippen molar-refractivity contribution in [2.75, 3.05) is 0 Å². The van der Waals surface area contributed by atoms with Gasteiger partial charge in [-0.2, -0.15) is 13.2 Å². The van der Waals surface area contributed by atoms with Crippen molar-refractivity contribution in [3.8, 4) is 0 Å². The molecule has 6 heteroatoms. The van der Waals surface area contributed by atoms with Crippen LogP contribution >= 0.6 is 11.6 Å². The standard InChI is InChI=1S/C10H7ClF3NO/c11-5-1-2-6-7(4-15-8(6)3-5)9(16)10(12,13)14/h1-4,9,15-16H/t9-/m1/s1. The van der Waals surface area contributed by atoms with Crippen LogP contribution < -0.4 is 0 Å². The first-order valence-electron chi connectivity index (χ1n) is 4.41. The van der Waals surface area contributed by atoms with E-state index >= 15 is 0 Å². The van der Waals surface area contributed by atoms with E-state index in [2.05, 4.69) is 4.98 Å². The van der Waals surface area contributed by atoms with Crippen molar-refractivity contribution in [1.82, 2.24) is 4.98 Å². The van der Waals surface area contributed by atoms with Gasteiger partial charge in [0.05, 0.1) is 0 Å². The Morgan fingerprint density at radius 3 is 2.62 bits per heavy atom. The normalized spacial score (nSPS) is 14.3. The van der Waals surface area contributed by atoms with Gasteiger partial charge >= 0.3 is 6.18 Å². The van der Waals surface area contributed by atoms with Crippen molar-refractivity contribution in [3.63, 3.8) is 0 Å². The summed E-state index contributed by atoms with van der Waals surface area (Å²) in [5.41, 5.74) is 0.268. The van der Waals surface area contributed by atoms with Crippen LogP contribution in [0.2, 0.25) is 5.02 Å². The molecule has 0 saturated heterocycles. The first kappa shape index (κ1) is 11.3. The highest BCUT2D eigenvalue weighted by molar-refractivity contribution is 6.31. The number of hydrogen-bond acceptors (Lipinski definition) is 1. The zero-order valence-electron chi connectivity index (χ0n) is 7.85. The average molecular weight is 250 g/mol. The molecule has 0 radical (unpaired) electrons. The van der Waals surface area contributed by atoms with Crippen LogP contribution in [-0.4, -0.2) is 16.3 Å². The third-order valence-corrected chi connectivity index (χ3v) is 2.52. The predicted octanol–water partition coefficient (Wildman–Crippen LogP) is 3.42. The Bertz CT molecular complexity index is 520. The molecule has 2 N–H and O–H groups in total. The molecule has 2 nitrogen and oxygen atoms in total. The van der Waals surface area contributed by atoms with Gasteiger partial charge in [0.2, 0.25) is 0 Å². The number of aliphatic hydroxyl groups is 1. The first-order chi connectivity index (χ1) is 7.39. The highest BCUT2D eigenvalue weighted by atomic mass is 35.5. The van der Waals surface area contributed by atoms with Crippen molar-refractivity contribution < 1.29 is 18.3 Å². The SMILES string of the molecule is O[C@H](c1c[nH]c2cc(Cl)ccc12)C(F)(F)F. The summed E-state index contributed by atoms with van der Waals surface area (Å²) in [5, 5.41) is 9.87. The number of H-pyrrole nitrogens is 1. The molecule has 0 aliphatic heterocycles. The molecule has 0 unspecified atom stereocenters. The quantitative estimate of drug-likeness (QED) is 0.798. The van der Waals surface area contributed by atoms with Crippen molar-refractivity contribution in [2.24, 2.45) is 0 Å². The number of fused-ring (bicyclic) bond motifs is 1. The van der Waals surface area contributed by atoms with Gasteiger partial charge in [0.1, 0.15) is 0 Å². The maximum Gasteiger partial charge on any atom is 0.418 e. The zero-order valence-corrected chi connectivity index (χ0v) is 8.60. The minimum atomic E-state index is -4.67. The smallest absolute Gasteiger partial charge is 0.379 e. The number of aliphatic hydroxyl groups excluding tert-OH is 1. The molecule has 1 atom stereocenters. The molecular weight excluding hydrogens is 243 g/mol. The second kappa shape index (κ2) is 3.68. The Balaban J connectivity index is 2.54. The van der Waals surface area contributed by atoms with Gasteiger partial charge in [-0.15, -0.1) is 0 Å². The summed E-state index contributed by atoms with van der Waals surface area (Å²) in [7, 11) is 0. The second-order valence-corrected chi connectivity index (χ2v) is 3.81. The summed E-state index contributed by atoms with van der Waals surface area (Å²) in [6.07, 6.45) is -6.02. The Morgan fingerprint density at radius 1 is 1.31 bits per heavy atom. The summed E-state index contributed by atoms with van der Waals surface area (Å²) >= 11 is 5.69. The third kappa shape index (κ3) is 1.88. The molecule has 0 amide bonds. The van der Waals surface area contributed by atoms with E-state index < -0.39 is 12.3 Å². The number of hydrogen-bond donors (Lipinski definition) is 2. The molecule has 86 valence electrons. The molecule has 0 aliphatic carbocycles. The molecule has 0 saturated carbocycles. The summed E-state index contributed by atoms with van der Waals surface area (Å²) in [5.74, 6) is 0. The molecule has 0 spiro atoms. The Hall–Kier alpha value is -1.20. The van der Waals surface area contributed by atoms with Crippen LogP contribution in [0.25, 0.3) is 10.9 Å². The van der Waals surface area contributed by atoms with Crippen molar-refractivity contribution in [3.05, 3.63) is 35.0 Å². The van der Waals surface area contributed by atoms with Crippen LogP contribution in [0.1, 0.15) is 11.7 Å². The van der Waals surface area contributed by atoms with Crippen molar-refractivity contribution in [2.45, 2.75) is 12.3 Å². The summed E-state index contributed by atoms with van der Waals surface area (Å²) in [4.78, 5) is 2.64. The van der Waals surface area contributed by atoms with E-state index in [1.54, 1.807) is 0 Å². The number of benzene rings is 1. The highest BCUT2D eigenvalue weighted by Crippen LogP contribution is 2.36. The van der Waals surface area contributed by atoms with Gasteiger partial charge in [0.25, 0.3) is 0 Å². The fraction of sp³-hybridized carbons (Fsp3) is 0.200. The molecule has 1 aromatic heterocycles. The Morgan fingerprint density at radius 2 is 2.00 bits per heavy atom. The van der Waals surface area contributed by atoms with Gasteiger partial charge in [0, 0.05) is 27.7 Å². The van der Waals surface area contributed by atoms with Gasteiger partial charge in [-0.3, -0.25) is 0 Å². The number of alkyl halides is 3. The summed E-state index contributed by atoms with van der Waals surface area (Å²) < 4.78 is 37.0. The summed E-state index contributed by atoms with van der Waals surface area (Å²) in [6.45, 7) is 0. The molecule has 0 aliphatic rings. The highest BCUT2D eigenvalue weighted by Gasteiger charge is 2.40. The maximum absolute atomic E-state index is 12.3. The van der Waals surface area contributed by atoms with E-state index in [0.29, 0.717) is 15.9 Å². The minimum Gasteiger partial charge on any atom is -0.379 e. The van der Waals surface area contributed by atoms with Gasteiger partial charge in [-0.05, 0) is 12.1 Å². The predicted molar refractivity (Wildman–Crippen MR) is 54.3 cm³/mol. The van der Waals surface area contributed by atoms with E-state index in [4.69, 9.17) is 16.7 Å². The molecule has 16 heavy (non-hydrogen) atoms. The first-order valence-corrected chi connectivity index (χ1v) is 4.78. The third-order valence-electron chi connectivity index (χ3n) is 2.28. The monoisotopic (exact) mass is 249 g/mol. The molecule has 2 rings (SSSR count). The van der Waals surface area contributed by atoms with E-state index in [1.165, 1.54) is 18.2 Å². The lowest BCUT2D eigenvalue weighted by molar-refractivity contribution is -0.206. The number of aromatic nitrogens is 1. The lowest BCUT2D eigenvalue weighted by Crippen LogP contribution is -2.19. The number of nitrogens with one attached hydrogen (secondary N) is 1. The van der Waals surface area contributed by atoms with Crippen LogP contribution in [0.15, 0.2) is 24.4 Å². The molecular formula is C10H7ClF3NO. The van der Waals surface area contributed by atoms with Crippen LogP contribution in [0.5, 0.6) is 0 Å². The van der Waals surface area contributed by atoms with Crippen molar-refractivity contribution in [1.29, 1.82) is 0 Å². The fourth-order valence-corrected chi connectivity index (χ4v) is 1.70. The van der Waals surface area contributed by atoms with Gasteiger partial charge < -0.3 is 10.1 Å². The minimum absolute atomic E-state index is 0.195. The molecule has 0 fully saturated rings. The number of halogens is 4. The van der Waals surface area contributed by atoms with Crippen LogP contribution in [0, 0.1) is 0 Å². The van der Waals surface area contributed by atoms with Gasteiger partial charge in [0.15, 0.2) is 6.10 Å². The van der Waals surface area contributed by atoms with Crippen LogP contribution in [0.3, 0.4) is 0 Å². The largest absolute Gasteiger partial charge is 0.418 e. The Labute approximate surface area is 93.6 Å². The van der Waals surface area contributed by atoms with Crippen LogP contribution in [-0.2, 0) is 0 Å². The van der Waals surface area contributed by atoms with Crippen molar-refractivity contribution >= 4 is 22.5 Å². The van der Waals surface area contributed by atoms with Crippen LogP contribution in [0.4, 0.5) is 13.2 Å². The Kier molecular flexibility index (Phi) is 2.59.